The van der Waals surface area contributed by atoms with Gasteiger partial charge in [0.05, 0.1) is 37.8 Å². The molecule has 0 radical (unpaired) electrons. The van der Waals surface area contributed by atoms with Crippen LogP contribution in [-0.4, -0.2) is 45.4 Å². The molecule has 0 spiro atoms. The van der Waals surface area contributed by atoms with Gasteiger partial charge in [0.1, 0.15) is 11.8 Å². The number of amides is 1. The van der Waals surface area contributed by atoms with Crippen LogP contribution in [-0.2, 0) is 16.0 Å². The Kier molecular flexibility index (Phi) is 4.59. The summed E-state index contributed by atoms with van der Waals surface area (Å²) in [6, 6.07) is 3.69. The zero-order chi connectivity index (χ0) is 15.2. The molecule has 0 bridgehead atoms. The number of alkyl carbamates (subject to hydrolysis) is 1. The van der Waals surface area contributed by atoms with Gasteiger partial charge in [0.2, 0.25) is 0 Å². The van der Waals surface area contributed by atoms with E-state index in [1.165, 1.54) is 0 Å². The second-order valence-corrected chi connectivity index (χ2v) is 4.94. The van der Waals surface area contributed by atoms with Crippen LogP contribution >= 0.6 is 0 Å². The minimum absolute atomic E-state index is 0.0696. The molecule has 3 rings (SSSR count). The molecular formula is C14H17N5O3. The third kappa shape index (κ3) is 3.79. The van der Waals surface area contributed by atoms with Crippen LogP contribution in [0.3, 0.4) is 0 Å². The van der Waals surface area contributed by atoms with E-state index in [1.54, 1.807) is 23.3 Å². The van der Waals surface area contributed by atoms with Crippen LogP contribution in [0.2, 0.25) is 0 Å². The highest BCUT2D eigenvalue weighted by Gasteiger charge is 2.18. The van der Waals surface area contributed by atoms with Crippen molar-refractivity contribution in [2.24, 2.45) is 0 Å². The fourth-order valence-electron chi connectivity index (χ4n) is 2.14. The molecule has 3 heterocycles. The van der Waals surface area contributed by atoms with E-state index in [-0.39, 0.29) is 12.6 Å². The third-order valence-corrected chi connectivity index (χ3v) is 3.31. The Balaban J connectivity index is 1.49. The zero-order valence-electron chi connectivity index (χ0n) is 12.0. The van der Waals surface area contributed by atoms with Crippen molar-refractivity contribution < 1.29 is 14.3 Å². The highest BCUT2D eigenvalue weighted by atomic mass is 16.6. The van der Waals surface area contributed by atoms with E-state index >= 15 is 0 Å². The van der Waals surface area contributed by atoms with Crippen LogP contribution in [0.1, 0.15) is 18.5 Å². The lowest BCUT2D eigenvalue weighted by Crippen LogP contribution is -2.32. The summed E-state index contributed by atoms with van der Waals surface area (Å²) in [6.07, 6.45) is 6.09. The van der Waals surface area contributed by atoms with E-state index in [4.69, 9.17) is 9.47 Å². The topological polar surface area (TPSA) is 91.2 Å². The summed E-state index contributed by atoms with van der Waals surface area (Å²) in [7, 11) is 0. The first-order valence-corrected chi connectivity index (χ1v) is 7.15. The number of hydrogen-bond donors (Lipinski definition) is 1. The van der Waals surface area contributed by atoms with Crippen molar-refractivity contribution in [3.05, 3.63) is 36.4 Å². The number of carbonyl (C=O) groups excluding carboxylic acids is 1. The molecule has 2 aromatic heterocycles. The van der Waals surface area contributed by atoms with E-state index in [0.717, 1.165) is 18.5 Å². The number of aromatic nitrogens is 4. The number of rotatable bonds is 4. The van der Waals surface area contributed by atoms with E-state index < -0.39 is 6.09 Å². The number of nitrogens with one attached hydrogen (secondary N) is 1. The van der Waals surface area contributed by atoms with Gasteiger partial charge in [0.25, 0.3) is 0 Å². The first kappa shape index (κ1) is 14.5. The molecule has 22 heavy (non-hydrogen) atoms. The fourth-order valence-corrected chi connectivity index (χ4v) is 2.14. The SMILES string of the molecule is O=C(NCc1cn(-c2cccnc2)nn1)OC1CCOCC1. The molecule has 0 aromatic carbocycles. The maximum atomic E-state index is 11.7. The standard InChI is InChI=1S/C14H17N5O3/c20-14(22-13-3-6-21-7-4-13)16-8-11-10-19(18-17-11)12-2-1-5-15-9-12/h1-2,5,9-10,13H,3-4,6-8H2,(H,16,20). The number of hydrogen-bond acceptors (Lipinski definition) is 6. The van der Waals surface area contributed by atoms with Gasteiger partial charge >= 0.3 is 6.09 Å². The molecule has 2 aromatic rings. The van der Waals surface area contributed by atoms with E-state index in [2.05, 4.69) is 20.6 Å². The summed E-state index contributed by atoms with van der Waals surface area (Å²) in [4.78, 5) is 15.7. The van der Waals surface area contributed by atoms with E-state index in [9.17, 15) is 4.79 Å². The molecule has 8 heteroatoms. The number of carbonyl (C=O) groups is 1. The number of ether oxygens (including phenoxy) is 2. The van der Waals surface area contributed by atoms with Gasteiger partial charge in [0.15, 0.2) is 0 Å². The first-order valence-electron chi connectivity index (χ1n) is 7.15. The lowest BCUT2D eigenvalue weighted by molar-refractivity contribution is 0.00149. The van der Waals surface area contributed by atoms with Crippen LogP contribution in [0.15, 0.2) is 30.7 Å². The van der Waals surface area contributed by atoms with E-state index in [0.29, 0.717) is 18.9 Å². The van der Waals surface area contributed by atoms with Crippen molar-refractivity contribution >= 4 is 6.09 Å². The van der Waals surface area contributed by atoms with Crippen molar-refractivity contribution in [2.75, 3.05) is 13.2 Å². The van der Waals surface area contributed by atoms with Gasteiger partial charge in [-0.05, 0) is 12.1 Å². The van der Waals surface area contributed by atoms with Crippen LogP contribution < -0.4 is 5.32 Å². The Labute approximate surface area is 127 Å². The second kappa shape index (κ2) is 6.99. The largest absolute Gasteiger partial charge is 0.446 e. The molecule has 1 N–H and O–H groups in total. The molecule has 1 amide bonds. The first-order chi connectivity index (χ1) is 10.8. The molecule has 0 aliphatic carbocycles. The Morgan fingerprint density at radius 3 is 3.09 bits per heavy atom. The third-order valence-electron chi connectivity index (χ3n) is 3.31. The van der Waals surface area contributed by atoms with E-state index in [1.807, 2.05) is 12.1 Å². The summed E-state index contributed by atoms with van der Waals surface area (Å²) in [5.74, 6) is 0. The van der Waals surface area contributed by atoms with Crippen LogP contribution in [0.4, 0.5) is 4.79 Å². The normalized spacial score (nSPS) is 15.5. The average molecular weight is 303 g/mol. The van der Waals surface area contributed by atoms with Crippen LogP contribution in [0.5, 0.6) is 0 Å². The molecule has 1 saturated heterocycles. The smallest absolute Gasteiger partial charge is 0.407 e. The lowest BCUT2D eigenvalue weighted by atomic mass is 10.2. The van der Waals surface area contributed by atoms with Crippen molar-refractivity contribution in [2.45, 2.75) is 25.5 Å². The molecule has 1 fully saturated rings. The maximum absolute atomic E-state index is 11.7. The lowest BCUT2D eigenvalue weighted by Gasteiger charge is -2.22. The van der Waals surface area contributed by atoms with Gasteiger partial charge in [-0.15, -0.1) is 5.10 Å². The summed E-state index contributed by atoms with van der Waals surface area (Å²) < 4.78 is 12.1. The Morgan fingerprint density at radius 2 is 2.32 bits per heavy atom. The van der Waals surface area contributed by atoms with Crippen molar-refractivity contribution in [3.63, 3.8) is 0 Å². The molecule has 116 valence electrons. The summed E-state index contributed by atoms with van der Waals surface area (Å²) >= 11 is 0. The van der Waals surface area contributed by atoms with Crippen molar-refractivity contribution in [1.29, 1.82) is 0 Å². The molecule has 0 atom stereocenters. The summed E-state index contributed by atoms with van der Waals surface area (Å²) in [6.45, 7) is 1.54. The zero-order valence-corrected chi connectivity index (χ0v) is 12.0. The van der Waals surface area contributed by atoms with Gasteiger partial charge in [-0.3, -0.25) is 4.98 Å². The molecule has 8 nitrogen and oxygen atoms in total. The van der Waals surface area contributed by atoms with Gasteiger partial charge in [-0.1, -0.05) is 5.21 Å². The molecular weight excluding hydrogens is 286 g/mol. The van der Waals surface area contributed by atoms with Crippen LogP contribution in [0.25, 0.3) is 5.69 Å². The predicted molar refractivity (Wildman–Crippen MR) is 76.3 cm³/mol. The van der Waals surface area contributed by atoms with Crippen LogP contribution in [0, 0.1) is 0 Å². The highest BCUT2D eigenvalue weighted by molar-refractivity contribution is 5.67. The molecule has 1 aliphatic rings. The maximum Gasteiger partial charge on any atom is 0.407 e. The monoisotopic (exact) mass is 303 g/mol. The summed E-state index contributed by atoms with van der Waals surface area (Å²) in [5.41, 5.74) is 1.46. The highest BCUT2D eigenvalue weighted by Crippen LogP contribution is 2.10. The minimum Gasteiger partial charge on any atom is -0.446 e. The molecule has 0 saturated carbocycles. The Hall–Kier alpha value is -2.48. The second-order valence-electron chi connectivity index (χ2n) is 4.94. The average Bonchev–Trinajstić information content (AvgIpc) is 3.04. The molecule has 1 aliphatic heterocycles. The number of nitrogens with zero attached hydrogens (tertiary/aromatic N) is 4. The van der Waals surface area contributed by atoms with Gasteiger partial charge < -0.3 is 14.8 Å². The van der Waals surface area contributed by atoms with Gasteiger partial charge in [-0.2, -0.15) is 0 Å². The number of pyridine rings is 1. The summed E-state index contributed by atoms with van der Waals surface area (Å²) in [5, 5.41) is 10.7. The predicted octanol–water partition coefficient (Wildman–Crippen LogP) is 1.07. The Bertz CT molecular complexity index is 610. The van der Waals surface area contributed by atoms with Gasteiger partial charge in [0, 0.05) is 19.0 Å². The Morgan fingerprint density at radius 1 is 1.45 bits per heavy atom. The minimum atomic E-state index is -0.442. The fraction of sp³-hybridized carbons (Fsp3) is 0.429. The quantitative estimate of drug-likeness (QED) is 0.908. The van der Waals surface area contributed by atoms with Crippen molar-refractivity contribution in [1.82, 2.24) is 25.3 Å². The molecule has 0 unspecified atom stereocenters. The van der Waals surface area contributed by atoms with Gasteiger partial charge in [-0.25, -0.2) is 9.48 Å². The van der Waals surface area contributed by atoms with Crippen molar-refractivity contribution in [3.8, 4) is 5.69 Å².